The first-order valence-electron chi connectivity index (χ1n) is 4.96. The lowest BCUT2D eigenvalue weighted by Crippen LogP contribution is -2.07. The lowest BCUT2D eigenvalue weighted by Gasteiger charge is -2.05. The third-order valence-corrected chi connectivity index (χ3v) is 2.97. The second-order valence-electron chi connectivity index (χ2n) is 3.81. The van der Waals surface area contributed by atoms with Crippen molar-refractivity contribution in [3.8, 4) is 16.9 Å². The zero-order valence-corrected chi connectivity index (χ0v) is 8.14. The Morgan fingerprint density at radius 3 is 2.53 bits per heavy atom. The van der Waals surface area contributed by atoms with Crippen molar-refractivity contribution in [2.75, 3.05) is 0 Å². The van der Waals surface area contributed by atoms with Crippen LogP contribution in [0.4, 0.5) is 0 Å². The van der Waals surface area contributed by atoms with E-state index in [4.69, 9.17) is 5.73 Å². The van der Waals surface area contributed by atoms with Gasteiger partial charge < -0.3 is 10.8 Å². The molecule has 0 aromatic heterocycles. The Kier molecular flexibility index (Phi) is 1.61. The summed E-state index contributed by atoms with van der Waals surface area (Å²) in [4.78, 5) is 0. The molecule has 2 heteroatoms. The molecule has 2 aromatic rings. The molecule has 3 rings (SSSR count). The molecular formula is C13H11NO. The van der Waals surface area contributed by atoms with Gasteiger partial charge in [0.05, 0.1) is 6.04 Å². The van der Waals surface area contributed by atoms with Gasteiger partial charge >= 0.3 is 0 Å². The summed E-state index contributed by atoms with van der Waals surface area (Å²) in [6.07, 6.45) is 0. The number of phenolic OH excluding ortho intramolecular Hbond substituents is 1. The SMILES string of the molecule is NC1c2ccccc2-c2c(O)cccc21. The Hall–Kier alpha value is -1.80. The zero-order valence-electron chi connectivity index (χ0n) is 8.14. The number of fused-ring (bicyclic) bond motifs is 3. The maximum Gasteiger partial charge on any atom is 0.123 e. The molecule has 0 spiro atoms. The highest BCUT2D eigenvalue weighted by molar-refractivity contribution is 5.82. The Morgan fingerprint density at radius 2 is 1.67 bits per heavy atom. The summed E-state index contributed by atoms with van der Waals surface area (Å²) in [6.45, 7) is 0. The van der Waals surface area contributed by atoms with Crippen LogP contribution < -0.4 is 5.73 Å². The van der Waals surface area contributed by atoms with E-state index in [1.165, 1.54) is 0 Å². The molecule has 3 N–H and O–H groups in total. The average molecular weight is 197 g/mol. The van der Waals surface area contributed by atoms with Gasteiger partial charge in [-0.25, -0.2) is 0 Å². The summed E-state index contributed by atoms with van der Waals surface area (Å²) >= 11 is 0. The number of nitrogens with two attached hydrogens (primary N) is 1. The maximum atomic E-state index is 9.84. The number of benzene rings is 2. The molecule has 1 aliphatic carbocycles. The fourth-order valence-corrected chi connectivity index (χ4v) is 2.27. The van der Waals surface area contributed by atoms with E-state index in [2.05, 4.69) is 0 Å². The van der Waals surface area contributed by atoms with Gasteiger partial charge in [-0.15, -0.1) is 0 Å². The van der Waals surface area contributed by atoms with E-state index >= 15 is 0 Å². The van der Waals surface area contributed by atoms with Crippen LogP contribution in [0.2, 0.25) is 0 Å². The largest absolute Gasteiger partial charge is 0.507 e. The minimum absolute atomic E-state index is 0.108. The summed E-state index contributed by atoms with van der Waals surface area (Å²) in [5, 5.41) is 9.84. The average Bonchev–Trinajstić information content (AvgIpc) is 2.55. The molecule has 15 heavy (non-hydrogen) atoms. The molecule has 1 atom stereocenters. The Bertz CT molecular complexity index is 534. The van der Waals surface area contributed by atoms with E-state index in [1.807, 2.05) is 36.4 Å². The molecule has 0 saturated heterocycles. The highest BCUT2D eigenvalue weighted by Crippen LogP contribution is 2.46. The second-order valence-corrected chi connectivity index (χ2v) is 3.81. The summed E-state index contributed by atoms with van der Waals surface area (Å²) in [5.74, 6) is 0.313. The highest BCUT2D eigenvalue weighted by Gasteiger charge is 2.27. The van der Waals surface area contributed by atoms with Crippen molar-refractivity contribution in [2.45, 2.75) is 6.04 Å². The smallest absolute Gasteiger partial charge is 0.123 e. The summed E-state index contributed by atoms with van der Waals surface area (Å²) in [5.41, 5.74) is 10.2. The predicted molar refractivity (Wildman–Crippen MR) is 59.6 cm³/mol. The second kappa shape index (κ2) is 2.84. The molecule has 0 bridgehead atoms. The quantitative estimate of drug-likeness (QED) is 0.681. The number of hydrogen-bond acceptors (Lipinski definition) is 2. The van der Waals surface area contributed by atoms with Crippen LogP contribution in [0, 0.1) is 0 Å². The normalized spacial score (nSPS) is 17.3. The molecule has 2 aromatic carbocycles. The molecule has 2 nitrogen and oxygen atoms in total. The van der Waals surface area contributed by atoms with Gasteiger partial charge in [0.2, 0.25) is 0 Å². The van der Waals surface area contributed by atoms with Crippen molar-refractivity contribution in [1.82, 2.24) is 0 Å². The first-order valence-corrected chi connectivity index (χ1v) is 4.96. The minimum Gasteiger partial charge on any atom is -0.507 e. The van der Waals surface area contributed by atoms with Gasteiger partial charge in [-0.2, -0.15) is 0 Å². The summed E-state index contributed by atoms with van der Waals surface area (Å²) in [7, 11) is 0. The highest BCUT2D eigenvalue weighted by atomic mass is 16.3. The fraction of sp³-hybridized carbons (Fsp3) is 0.0769. The van der Waals surface area contributed by atoms with Crippen LogP contribution in [0.15, 0.2) is 42.5 Å². The van der Waals surface area contributed by atoms with E-state index < -0.39 is 0 Å². The lowest BCUT2D eigenvalue weighted by molar-refractivity contribution is 0.477. The van der Waals surface area contributed by atoms with Crippen molar-refractivity contribution >= 4 is 0 Å². The van der Waals surface area contributed by atoms with Crippen molar-refractivity contribution < 1.29 is 5.11 Å². The third-order valence-electron chi connectivity index (χ3n) is 2.97. The van der Waals surface area contributed by atoms with Crippen LogP contribution in [-0.2, 0) is 0 Å². The van der Waals surface area contributed by atoms with Gasteiger partial charge in [0.1, 0.15) is 5.75 Å². The number of aromatic hydroxyl groups is 1. The Morgan fingerprint density at radius 1 is 0.933 bits per heavy atom. The first kappa shape index (κ1) is 8.50. The van der Waals surface area contributed by atoms with Crippen LogP contribution in [0.1, 0.15) is 17.2 Å². The van der Waals surface area contributed by atoms with Crippen LogP contribution in [0.25, 0.3) is 11.1 Å². The van der Waals surface area contributed by atoms with Crippen LogP contribution in [0.5, 0.6) is 5.75 Å². The Balaban J connectivity index is 2.39. The van der Waals surface area contributed by atoms with E-state index in [0.717, 1.165) is 22.3 Å². The molecule has 0 radical (unpaired) electrons. The van der Waals surface area contributed by atoms with Gasteiger partial charge in [0.25, 0.3) is 0 Å². The molecule has 0 saturated carbocycles. The van der Waals surface area contributed by atoms with Crippen LogP contribution in [0.3, 0.4) is 0 Å². The minimum atomic E-state index is -0.108. The van der Waals surface area contributed by atoms with Gasteiger partial charge in [0, 0.05) is 5.56 Å². The number of rotatable bonds is 0. The van der Waals surface area contributed by atoms with Gasteiger partial charge in [-0.1, -0.05) is 36.4 Å². The van der Waals surface area contributed by atoms with Gasteiger partial charge in [0.15, 0.2) is 0 Å². The molecule has 0 aliphatic heterocycles. The number of phenols is 1. The predicted octanol–water partition coefficient (Wildman–Crippen LogP) is 2.42. The van der Waals surface area contributed by atoms with Crippen molar-refractivity contribution in [3.63, 3.8) is 0 Å². The standard InChI is InChI=1S/C13H11NO/c14-13-9-5-2-1-4-8(9)12-10(13)6-3-7-11(12)15/h1-7,13,15H,14H2. The molecular weight excluding hydrogens is 186 g/mol. The van der Waals surface area contributed by atoms with E-state index in [0.29, 0.717) is 5.75 Å². The number of hydrogen-bond donors (Lipinski definition) is 2. The monoisotopic (exact) mass is 197 g/mol. The van der Waals surface area contributed by atoms with Gasteiger partial charge in [-0.3, -0.25) is 0 Å². The third kappa shape index (κ3) is 1.02. The molecule has 0 fully saturated rings. The zero-order chi connectivity index (χ0) is 10.4. The summed E-state index contributed by atoms with van der Waals surface area (Å²) < 4.78 is 0. The van der Waals surface area contributed by atoms with Crippen molar-refractivity contribution in [2.24, 2.45) is 5.73 Å². The summed E-state index contributed by atoms with van der Waals surface area (Å²) in [6, 6.07) is 13.4. The first-order chi connectivity index (χ1) is 7.29. The molecule has 1 unspecified atom stereocenters. The van der Waals surface area contributed by atoms with Crippen molar-refractivity contribution in [1.29, 1.82) is 0 Å². The van der Waals surface area contributed by atoms with E-state index in [9.17, 15) is 5.11 Å². The molecule has 0 amide bonds. The fourth-order valence-electron chi connectivity index (χ4n) is 2.27. The Labute approximate surface area is 88.0 Å². The van der Waals surface area contributed by atoms with E-state index in [-0.39, 0.29) is 6.04 Å². The molecule has 0 heterocycles. The molecule has 74 valence electrons. The van der Waals surface area contributed by atoms with Gasteiger partial charge in [-0.05, 0) is 22.8 Å². The van der Waals surface area contributed by atoms with Crippen LogP contribution in [-0.4, -0.2) is 5.11 Å². The maximum absolute atomic E-state index is 9.84. The molecule has 1 aliphatic rings. The van der Waals surface area contributed by atoms with Crippen LogP contribution >= 0.6 is 0 Å². The lowest BCUT2D eigenvalue weighted by atomic mass is 10.1. The van der Waals surface area contributed by atoms with Crippen molar-refractivity contribution in [3.05, 3.63) is 53.6 Å². The van der Waals surface area contributed by atoms with E-state index in [1.54, 1.807) is 6.07 Å². The topological polar surface area (TPSA) is 46.2 Å².